The molecule has 13 heteroatoms. The third kappa shape index (κ3) is 7.15. The zero-order valence-corrected chi connectivity index (χ0v) is 24.8. The Kier molecular flexibility index (Phi) is 9.72. The minimum absolute atomic E-state index is 0.0211. The molecule has 2 aliphatic rings. The van der Waals surface area contributed by atoms with Crippen LogP contribution in [0.2, 0.25) is 0 Å². The molecule has 3 heterocycles. The number of benzene rings is 1. The number of fused-ring (bicyclic) bond motifs is 2. The number of para-hydroxylation sites is 1. The molecule has 5 atom stereocenters. The predicted octanol–water partition coefficient (Wildman–Crippen LogP) is 0.441. The molecule has 1 aromatic heterocycles. The van der Waals surface area contributed by atoms with Gasteiger partial charge in [-0.3, -0.25) is 24.0 Å². The highest BCUT2D eigenvalue weighted by Gasteiger charge is 2.43. The number of carbonyl (C=O) groups is 6. The van der Waals surface area contributed by atoms with E-state index in [4.69, 9.17) is 0 Å². The van der Waals surface area contributed by atoms with Crippen LogP contribution in [0.4, 0.5) is 0 Å². The Morgan fingerprint density at radius 2 is 1.58 bits per heavy atom. The van der Waals surface area contributed by atoms with Crippen molar-refractivity contribution >= 4 is 46.4 Å². The smallest absolute Gasteiger partial charge is 0.336 e. The molecule has 232 valence electrons. The van der Waals surface area contributed by atoms with Crippen molar-refractivity contribution in [2.45, 2.75) is 83.6 Å². The van der Waals surface area contributed by atoms with Crippen molar-refractivity contribution in [1.29, 1.82) is 0 Å². The minimum Gasteiger partial charge on any atom is -0.479 e. The van der Waals surface area contributed by atoms with E-state index in [0.29, 0.717) is 12.0 Å². The van der Waals surface area contributed by atoms with Gasteiger partial charge in [-0.15, -0.1) is 0 Å². The molecule has 0 saturated carbocycles. The van der Waals surface area contributed by atoms with Crippen LogP contribution < -0.4 is 21.3 Å². The minimum atomic E-state index is -1.99. The van der Waals surface area contributed by atoms with Gasteiger partial charge in [0.1, 0.15) is 24.2 Å². The quantitative estimate of drug-likeness (QED) is 0.261. The fraction of sp³-hybridized carbons (Fsp3) is 0.533. The number of hydrogen-bond donors (Lipinski definition) is 6. The number of carbonyl (C=O) groups excluding carboxylic acids is 5. The van der Waals surface area contributed by atoms with Crippen LogP contribution in [0.1, 0.15) is 52.5 Å². The summed E-state index contributed by atoms with van der Waals surface area (Å²) in [5.74, 6) is -5.64. The number of nitrogens with zero attached hydrogens (tertiary/aromatic N) is 1. The predicted molar refractivity (Wildman–Crippen MR) is 156 cm³/mol. The monoisotopic (exact) mass is 596 g/mol. The Bertz CT molecular complexity index is 1400. The van der Waals surface area contributed by atoms with E-state index in [1.807, 2.05) is 38.1 Å². The highest BCUT2D eigenvalue weighted by Crippen LogP contribution is 2.22. The number of carboxylic acids is 1. The third-order valence-corrected chi connectivity index (χ3v) is 7.94. The number of hydrogen-bond acceptors (Lipinski definition) is 6. The molecule has 5 amide bonds. The molecule has 2 aromatic rings. The van der Waals surface area contributed by atoms with E-state index >= 15 is 0 Å². The van der Waals surface area contributed by atoms with Gasteiger partial charge in [-0.25, -0.2) is 4.79 Å². The fourth-order valence-electron chi connectivity index (χ4n) is 5.69. The first kappa shape index (κ1) is 31.5. The molecule has 4 rings (SSSR count). The van der Waals surface area contributed by atoms with E-state index in [1.165, 1.54) is 0 Å². The van der Waals surface area contributed by atoms with Gasteiger partial charge in [0.25, 0.3) is 5.91 Å². The van der Waals surface area contributed by atoms with Crippen molar-refractivity contribution in [2.75, 3.05) is 6.54 Å². The van der Waals surface area contributed by atoms with Crippen LogP contribution in [0, 0.1) is 11.8 Å². The molecule has 0 unspecified atom stereocenters. The SMILES string of the molecule is CC(C)C[C@@H]1NC(=O)[C@@H](C(C)C)NC(=O)[C@@H]2CCCN2C(=O)[C@H](C(=O)O)NC(=O)[C@@H](Cc2c[nH]c3ccccc23)NC1=O. The lowest BCUT2D eigenvalue weighted by molar-refractivity contribution is -0.152. The molecule has 43 heavy (non-hydrogen) atoms. The summed E-state index contributed by atoms with van der Waals surface area (Å²) in [4.78, 5) is 84.2. The van der Waals surface area contributed by atoms with Crippen LogP contribution in [-0.2, 0) is 35.2 Å². The molecular formula is C30H40N6O7. The second-order valence-corrected chi connectivity index (χ2v) is 12.0. The molecule has 0 radical (unpaired) electrons. The number of nitrogens with one attached hydrogen (secondary N) is 5. The average Bonchev–Trinajstić information content (AvgIpc) is 3.60. The van der Waals surface area contributed by atoms with Crippen molar-refractivity contribution in [3.8, 4) is 0 Å². The molecule has 1 aromatic carbocycles. The van der Waals surface area contributed by atoms with Gasteiger partial charge in [0.2, 0.25) is 29.7 Å². The van der Waals surface area contributed by atoms with Gasteiger partial charge in [0.15, 0.2) is 0 Å². The number of aromatic nitrogens is 1. The van der Waals surface area contributed by atoms with Crippen molar-refractivity contribution in [3.05, 3.63) is 36.0 Å². The maximum absolute atomic E-state index is 13.7. The number of amides is 5. The van der Waals surface area contributed by atoms with E-state index in [0.717, 1.165) is 15.8 Å². The first-order valence-electron chi connectivity index (χ1n) is 14.7. The van der Waals surface area contributed by atoms with E-state index in [1.54, 1.807) is 20.0 Å². The lowest BCUT2D eigenvalue weighted by atomic mass is 9.98. The molecule has 2 aliphatic heterocycles. The van der Waals surface area contributed by atoms with Crippen LogP contribution in [-0.4, -0.2) is 87.2 Å². The number of H-pyrrole nitrogens is 1. The largest absolute Gasteiger partial charge is 0.479 e. The average molecular weight is 597 g/mol. The third-order valence-electron chi connectivity index (χ3n) is 7.94. The van der Waals surface area contributed by atoms with Gasteiger partial charge in [0, 0.05) is 30.1 Å². The summed E-state index contributed by atoms with van der Waals surface area (Å²) in [5.41, 5.74) is 1.49. The summed E-state index contributed by atoms with van der Waals surface area (Å²) in [6, 6.07) is 1.03. The summed E-state index contributed by atoms with van der Waals surface area (Å²) in [7, 11) is 0. The zero-order valence-electron chi connectivity index (χ0n) is 24.8. The van der Waals surface area contributed by atoms with Gasteiger partial charge in [-0.1, -0.05) is 45.9 Å². The first-order valence-corrected chi connectivity index (χ1v) is 14.7. The van der Waals surface area contributed by atoms with Crippen LogP contribution in [0.25, 0.3) is 10.9 Å². The lowest BCUT2D eigenvalue weighted by Gasteiger charge is -2.29. The Hall–Kier alpha value is -4.42. The van der Waals surface area contributed by atoms with Gasteiger partial charge >= 0.3 is 5.97 Å². The first-order chi connectivity index (χ1) is 20.4. The Morgan fingerprint density at radius 1 is 0.907 bits per heavy atom. The van der Waals surface area contributed by atoms with Crippen LogP contribution >= 0.6 is 0 Å². The van der Waals surface area contributed by atoms with Crippen LogP contribution in [0.15, 0.2) is 30.5 Å². The summed E-state index contributed by atoms with van der Waals surface area (Å²) < 4.78 is 0. The number of rotatable bonds is 6. The number of aliphatic carboxylic acids is 1. The van der Waals surface area contributed by atoms with Crippen molar-refractivity contribution in [3.63, 3.8) is 0 Å². The number of carboxylic acid groups (broad SMARTS) is 1. The maximum atomic E-state index is 13.7. The zero-order chi connectivity index (χ0) is 31.4. The standard InChI is InChI=1S/C30H40N6O7/c1-15(2)12-20-25(37)32-21(13-17-14-31-19-9-6-5-8-18(17)19)26(38)35-24(30(42)43)29(41)36-11-7-10-22(36)27(39)34-23(16(3)4)28(40)33-20/h5-6,8-9,14-16,20-24,31H,7,10-13H2,1-4H3,(H,32,37)(H,33,40)(H,34,39)(H,35,38)(H,42,43)/t20-,21+,22-,23+,24+/m0/s1. The van der Waals surface area contributed by atoms with E-state index in [9.17, 15) is 33.9 Å². The van der Waals surface area contributed by atoms with Crippen molar-refractivity contribution in [2.24, 2.45) is 11.8 Å². The summed E-state index contributed by atoms with van der Waals surface area (Å²) in [5, 5.41) is 21.3. The van der Waals surface area contributed by atoms with E-state index < -0.39 is 65.7 Å². The Labute approximate surface area is 249 Å². The molecular weight excluding hydrogens is 556 g/mol. The van der Waals surface area contributed by atoms with Crippen LogP contribution in [0.5, 0.6) is 0 Å². The molecule has 0 aliphatic carbocycles. The van der Waals surface area contributed by atoms with Gasteiger partial charge < -0.3 is 36.3 Å². The van der Waals surface area contributed by atoms with Gasteiger partial charge in [-0.05, 0) is 42.7 Å². The fourth-order valence-corrected chi connectivity index (χ4v) is 5.69. The normalized spacial score (nSPS) is 26.0. The Balaban J connectivity index is 1.76. The Morgan fingerprint density at radius 3 is 2.26 bits per heavy atom. The highest BCUT2D eigenvalue weighted by molar-refractivity contribution is 6.07. The lowest BCUT2D eigenvalue weighted by Crippen LogP contribution is -2.60. The number of aromatic amines is 1. The van der Waals surface area contributed by atoms with Crippen molar-refractivity contribution < 1.29 is 33.9 Å². The summed E-state index contributed by atoms with van der Waals surface area (Å²) in [6.45, 7) is 7.36. The van der Waals surface area contributed by atoms with Gasteiger partial charge in [-0.2, -0.15) is 0 Å². The second kappa shape index (κ2) is 13.3. The molecule has 6 N–H and O–H groups in total. The molecule has 0 bridgehead atoms. The van der Waals surface area contributed by atoms with E-state index in [-0.39, 0.29) is 37.6 Å². The molecule has 2 saturated heterocycles. The molecule has 2 fully saturated rings. The summed E-state index contributed by atoms with van der Waals surface area (Å²) >= 11 is 0. The van der Waals surface area contributed by atoms with E-state index in [2.05, 4.69) is 26.3 Å². The second-order valence-electron chi connectivity index (χ2n) is 12.0. The van der Waals surface area contributed by atoms with Crippen molar-refractivity contribution in [1.82, 2.24) is 31.2 Å². The maximum Gasteiger partial charge on any atom is 0.336 e. The topological polar surface area (TPSA) is 190 Å². The van der Waals surface area contributed by atoms with Crippen LogP contribution in [0.3, 0.4) is 0 Å². The molecule has 13 nitrogen and oxygen atoms in total. The highest BCUT2D eigenvalue weighted by atomic mass is 16.4. The summed E-state index contributed by atoms with van der Waals surface area (Å²) in [6.07, 6.45) is 2.63. The van der Waals surface area contributed by atoms with Gasteiger partial charge in [0.05, 0.1) is 0 Å². The molecule has 0 spiro atoms.